The topological polar surface area (TPSA) is 158 Å². The van der Waals surface area contributed by atoms with Crippen LogP contribution in [0.15, 0.2) is 346 Å². The van der Waals surface area contributed by atoms with Crippen LogP contribution in [0, 0.1) is 31.2 Å². The Morgan fingerprint density at radius 3 is 1.34 bits per heavy atom. The monoisotopic (exact) mass is 2290 g/mol. The summed E-state index contributed by atoms with van der Waals surface area (Å²) in [4.78, 5) is 39.8. The molecule has 0 bridgehead atoms. The molecule has 16 rings (SSSR count). The van der Waals surface area contributed by atoms with Crippen molar-refractivity contribution in [1.29, 1.82) is 0 Å². The number of benzene rings is 10. The van der Waals surface area contributed by atoms with Crippen LogP contribution in [-0.4, -0.2) is 51.0 Å². The number of rotatable bonds is 11. The number of ketones is 1. The van der Waals surface area contributed by atoms with E-state index in [1.165, 1.54) is 42.3 Å². The van der Waals surface area contributed by atoms with Gasteiger partial charge >= 0.3 is 6.18 Å². The molecule has 119 heavy (non-hydrogen) atoms. The van der Waals surface area contributed by atoms with Crippen LogP contribution in [0.3, 0.4) is 0 Å². The van der Waals surface area contributed by atoms with Crippen LogP contribution < -0.4 is 4.90 Å². The number of nitrogens with zero attached hydrogens (tertiary/aromatic N) is 7. The number of aryl methyl sites for hydroxylation is 1. The van der Waals surface area contributed by atoms with E-state index in [-0.39, 0.29) is 115 Å². The molecule has 0 saturated heterocycles. The van der Waals surface area contributed by atoms with Gasteiger partial charge in [-0.25, -0.2) is 9.97 Å². The SMILES string of the molecule is CC(=O)C=C(C)O.CC(C)(C)c1cc(-c2cc(C(C)(C)C)cc(-c3ccccc3O)n2)nc(-c2ccccc2O)c1.Cc1ccc(-c2[c-]cccc2)nc1.FC(F)(F)c1c[c-]c(-c2ccc3ccccc3n2)cc1.[Ir].[Ir].[Ir].[Pt].[c-]1ccccc1-c1cc(N(c2ccccc2)c2ccccc2)ccn1.[c-]1ccccc1-c1nccc2ccccc12. The Labute approximate surface area is 749 Å². The third-order valence-electron chi connectivity index (χ3n) is 18.0. The molecule has 16 aromatic rings. The number of aliphatic hydroxyl groups is 1. The molecule has 0 aliphatic carbocycles. The first kappa shape index (κ1) is 94.8. The van der Waals surface area contributed by atoms with Gasteiger partial charge < -0.3 is 35.2 Å². The molecule has 0 aliphatic heterocycles. The van der Waals surface area contributed by atoms with Gasteiger partial charge in [0.25, 0.3) is 0 Å². The number of phenols is 2. The minimum atomic E-state index is -4.34. The first-order chi connectivity index (χ1) is 55.3. The summed E-state index contributed by atoms with van der Waals surface area (Å²) < 4.78 is 37.5. The van der Waals surface area contributed by atoms with E-state index in [4.69, 9.17) is 15.1 Å². The smallest absolute Gasteiger partial charge is 0.381 e. The molecule has 6 heterocycles. The fraction of sp³-hybridized carbons (Fsp3) is 0.119. The Morgan fingerprint density at radius 1 is 0.403 bits per heavy atom. The van der Waals surface area contributed by atoms with Crippen molar-refractivity contribution in [1.82, 2.24) is 29.9 Å². The summed E-state index contributed by atoms with van der Waals surface area (Å²) >= 11 is 0. The fourth-order valence-corrected chi connectivity index (χ4v) is 12.0. The van der Waals surface area contributed by atoms with Crippen molar-refractivity contribution in [3.8, 4) is 90.4 Å². The van der Waals surface area contributed by atoms with Crippen LogP contribution in [0.2, 0.25) is 0 Å². The largest absolute Gasteiger partial charge is 0.512 e. The van der Waals surface area contributed by atoms with E-state index in [0.717, 1.165) is 96.4 Å². The minimum Gasteiger partial charge on any atom is -0.512 e. The van der Waals surface area contributed by atoms with E-state index < -0.39 is 11.7 Å². The second kappa shape index (κ2) is 45.0. The Bertz CT molecular complexity index is 5760. The summed E-state index contributed by atoms with van der Waals surface area (Å²) in [5, 5.41) is 32.8. The van der Waals surface area contributed by atoms with Crippen molar-refractivity contribution in [3.05, 3.63) is 392 Å². The summed E-state index contributed by atoms with van der Waals surface area (Å²) in [7, 11) is 0. The van der Waals surface area contributed by atoms with Crippen molar-refractivity contribution in [2.24, 2.45) is 0 Å². The van der Waals surface area contributed by atoms with Gasteiger partial charge in [-0.05, 0) is 184 Å². The van der Waals surface area contributed by atoms with Gasteiger partial charge in [0, 0.05) is 134 Å². The fourth-order valence-electron chi connectivity index (χ4n) is 12.0. The number of aromatic hydroxyl groups is 2. The van der Waals surface area contributed by atoms with Crippen LogP contribution in [-0.2, 0) is 103 Å². The van der Waals surface area contributed by atoms with Crippen LogP contribution in [0.1, 0.15) is 77.6 Å². The molecule has 0 amide bonds. The van der Waals surface area contributed by atoms with Gasteiger partial charge in [-0.3, -0.25) is 9.78 Å². The number of fused-ring (bicyclic) bond motifs is 2. The Balaban J connectivity index is 0.000000206. The number of hydrogen-bond donors (Lipinski definition) is 3. The Morgan fingerprint density at radius 2 is 0.866 bits per heavy atom. The maximum Gasteiger partial charge on any atom is 0.381 e. The number of pyridine rings is 6. The number of carbonyl (C=O) groups is 1. The number of alkyl halides is 3. The van der Waals surface area contributed by atoms with Crippen molar-refractivity contribution in [2.45, 2.75) is 79.3 Å². The zero-order valence-electron chi connectivity index (χ0n) is 66.7. The molecule has 3 N–H and O–H groups in total. The Hall–Kier alpha value is -11.3. The summed E-state index contributed by atoms with van der Waals surface area (Å²) in [5.74, 6) is 0.323. The van der Waals surface area contributed by atoms with Gasteiger partial charge in [-0.1, -0.05) is 175 Å². The summed E-state index contributed by atoms with van der Waals surface area (Å²) in [5.41, 5.74) is 17.9. The molecular weight excluding hydrogens is 2200 g/mol. The number of halogens is 3. The third-order valence-corrected chi connectivity index (χ3v) is 18.0. The van der Waals surface area contributed by atoms with Gasteiger partial charge in [0.2, 0.25) is 0 Å². The molecule has 3 radical (unpaired) electrons. The summed E-state index contributed by atoms with van der Waals surface area (Å²) in [6.45, 7) is 17.8. The van der Waals surface area contributed by atoms with Crippen LogP contribution >= 0.6 is 0 Å². The van der Waals surface area contributed by atoms with E-state index in [1.54, 1.807) is 30.3 Å². The molecule has 10 aromatic carbocycles. The van der Waals surface area contributed by atoms with Gasteiger partial charge in [0.15, 0.2) is 5.78 Å². The third kappa shape index (κ3) is 27.1. The van der Waals surface area contributed by atoms with E-state index in [2.05, 4.69) is 176 Å². The van der Waals surface area contributed by atoms with Gasteiger partial charge in [0.05, 0.1) is 34.1 Å². The van der Waals surface area contributed by atoms with E-state index >= 15 is 0 Å². The van der Waals surface area contributed by atoms with Crippen molar-refractivity contribution >= 4 is 44.5 Å². The molecule has 611 valence electrons. The average molecular weight is 2290 g/mol. The van der Waals surface area contributed by atoms with E-state index in [0.29, 0.717) is 33.8 Å². The molecule has 0 unspecified atom stereocenters. The standard InChI is InChI=1S/C30H32N2O2.C23H17N2.C16H9F3N.C15H10N.C12H10N.C5H8O2.3Ir.Pt/c1-29(2,3)19-15-23(21-11-7-9-13-27(21)33)31-25(17-19)26-18-20(30(4,5)6)16-24(32-26)22-12-8-10-14-28(22)34;1-4-10-19(11-5-1)23-18-22(16-17-24-23)25(20-12-6-2-7-13-20)21-14-8-3-9-15-21;17-16(18,19)13-8-5-12(6-9-13)15-10-7-11-3-1-2-4-14(11)20-15;1-2-7-13(8-3-1)15-14-9-5-4-6-12(14)10-11-16-15;1-10-7-8-12(13-9-10)11-5-3-2-4-6-11;1-4(6)3-5(2)7;;;;/h7-18,33-34H,1-6H3;1-10,12-18H;1-5,7-10H;1-7,9-11H;2-5,7-9H,1H3;3,6H,1-2H3;;;;/q;4*-1;;;;;. The first-order valence-electron chi connectivity index (χ1n) is 37.3. The second-order valence-electron chi connectivity index (χ2n) is 28.9. The predicted octanol–water partition coefficient (Wildman–Crippen LogP) is 25.8. The van der Waals surface area contributed by atoms with Crippen LogP contribution in [0.4, 0.5) is 30.2 Å². The Kier molecular flexibility index (Phi) is 35.9. The molecular formula is C101H86F3Ir3N7O4Pt-4. The number of carbonyl (C=O) groups excluding carboxylic acids is 1. The van der Waals surface area contributed by atoms with E-state index in [9.17, 15) is 28.2 Å². The van der Waals surface area contributed by atoms with Crippen LogP contribution in [0.5, 0.6) is 11.5 Å². The van der Waals surface area contributed by atoms with Crippen molar-refractivity contribution in [2.75, 3.05) is 4.90 Å². The molecule has 0 spiro atoms. The molecule has 6 aromatic heterocycles. The van der Waals surface area contributed by atoms with E-state index in [1.807, 2.05) is 208 Å². The number of allylic oxidation sites excluding steroid dienone is 2. The van der Waals surface area contributed by atoms with Crippen molar-refractivity contribution in [3.63, 3.8) is 0 Å². The van der Waals surface area contributed by atoms with Gasteiger partial charge in [0.1, 0.15) is 11.5 Å². The first-order valence-corrected chi connectivity index (χ1v) is 37.3. The molecule has 11 nitrogen and oxygen atoms in total. The normalized spacial score (nSPS) is 10.8. The second-order valence-corrected chi connectivity index (χ2v) is 28.9. The maximum atomic E-state index is 12.5. The number of anilines is 3. The average Bonchev–Trinajstić information content (AvgIpc) is 0.779. The predicted molar refractivity (Wildman–Crippen MR) is 460 cm³/mol. The molecule has 0 saturated carbocycles. The number of phenolic OH excluding ortho intramolecular Hbond substituents is 2. The summed E-state index contributed by atoms with van der Waals surface area (Å²) in [6, 6.07) is 113. The van der Waals surface area contributed by atoms with Gasteiger partial charge in [-0.2, -0.15) is 13.2 Å². The van der Waals surface area contributed by atoms with Gasteiger partial charge in [-0.15, -0.1) is 138 Å². The number of aromatic nitrogens is 6. The number of para-hydroxylation sites is 5. The molecule has 0 atom stereocenters. The number of aliphatic hydroxyl groups excluding tert-OH is 1. The molecule has 18 heteroatoms. The maximum absolute atomic E-state index is 12.5. The molecule has 0 fully saturated rings. The van der Waals surface area contributed by atoms with Crippen molar-refractivity contribution < 1.29 is 115 Å². The minimum absolute atomic E-state index is 0. The quantitative estimate of drug-likeness (QED) is 0.0643. The molecule has 0 aliphatic rings. The van der Waals surface area contributed by atoms with Crippen LogP contribution in [0.25, 0.3) is 101 Å². The summed E-state index contributed by atoms with van der Waals surface area (Å²) in [6.07, 6.45) is 2.39. The zero-order chi connectivity index (χ0) is 81.5. The number of hydrogen-bond acceptors (Lipinski definition) is 11. The zero-order valence-corrected chi connectivity index (χ0v) is 76.1.